The molecule has 6 heteroatoms. The van der Waals surface area contributed by atoms with Gasteiger partial charge in [0, 0.05) is 10.8 Å². The minimum absolute atomic E-state index is 0.00141. The molecule has 0 radical (unpaired) electrons. The van der Waals surface area contributed by atoms with Gasteiger partial charge in [0.1, 0.15) is 16.3 Å². The Bertz CT molecular complexity index is 1080. The number of aromatic hydroxyl groups is 1. The summed E-state index contributed by atoms with van der Waals surface area (Å²) in [6, 6.07) is 10.7. The number of halogens is 3. The molecule has 0 amide bonds. The van der Waals surface area contributed by atoms with Crippen LogP contribution in [0.2, 0.25) is 15.1 Å². The van der Waals surface area contributed by atoms with Gasteiger partial charge in [-0.05, 0) is 12.1 Å². The summed E-state index contributed by atoms with van der Waals surface area (Å²) in [6.07, 6.45) is 0. The van der Waals surface area contributed by atoms with E-state index in [9.17, 15) is 5.11 Å². The molecule has 0 bridgehead atoms. The van der Waals surface area contributed by atoms with E-state index in [-0.39, 0.29) is 10.8 Å². The third kappa shape index (κ3) is 1.90. The molecule has 1 aromatic heterocycles. The maximum absolute atomic E-state index is 10.3. The summed E-state index contributed by atoms with van der Waals surface area (Å²) in [4.78, 5) is 9.10. The van der Waals surface area contributed by atoms with Crippen LogP contribution in [0.4, 0.5) is 0 Å². The predicted molar refractivity (Wildman–Crippen MR) is 91.2 cm³/mol. The Labute approximate surface area is 140 Å². The molecule has 0 unspecified atom stereocenters. The summed E-state index contributed by atoms with van der Waals surface area (Å²) in [5, 5.41) is 12.7. The van der Waals surface area contributed by atoms with Crippen LogP contribution in [0, 0.1) is 0 Å². The highest BCUT2D eigenvalue weighted by Crippen LogP contribution is 2.39. The van der Waals surface area contributed by atoms with Crippen molar-refractivity contribution >= 4 is 67.6 Å². The standard InChI is InChI=1S/C16H7Cl3N2O/c17-9-5-11-12(6-10(9)18)21-15-13(19)16(22)8-4-2-1-3-7(8)14(15)20-11/h1-6,22H. The summed E-state index contributed by atoms with van der Waals surface area (Å²) < 4.78 is 0. The maximum atomic E-state index is 10.3. The Balaban J connectivity index is 2.28. The van der Waals surface area contributed by atoms with Crippen LogP contribution in [0.1, 0.15) is 0 Å². The van der Waals surface area contributed by atoms with E-state index < -0.39 is 0 Å². The number of benzene rings is 3. The molecule has 4 rings (SSSR count). The summed E-state index contributed by atoms with van der Waals surface area (Å²) in [6.45, 7) is 0. The zero-order valence-corrected chi connectivity index (χ0v) is 13.2. The second-order valence-corrected chi connectivity index (χ2v) is 6.08. The van der Waals surface area contributed by atoms with E-state index in [1.54, 1.807) is 18.2 Å². The lowest BCUT2D eigenvalue weighted by Crippen LogP contribution is -1.91. The molecule has 4 aromatic rings. The van der Waals surface area contributed by atoms with E-state index in [0.717, 1.165) is 5.39 Å². The van der Waals surface area contributed by atoms with Gasteiger partial charge < -0.3 is 5.11 Å². The Morgan fingerprint density at radius 3 is 1.95 bits per heavy atom. The van der Waals surface area contributed by atoms with Gasteiger partial charge in [-0.25, -0.2) is 9.97 Å². The molecular formula is C16H7Cl3N2O. The minimum atomic E-state index is -0.00141. The average Bonchev–Trinajstić information content (AvgIpc) is 2.53. The van der Waals surface area contributed by atoms with Crippen molar-refractivity contribution in [3.63, 3.8) is 0 Å². The van der Waals surface area contributed by atoms with Crippen LogP contribution in [-0.4, -0.2) is 15.1 Å². The topological polar surface area (TPSA) is 46.0 Å². The summed E-state index contributed by atoms with van der Waals surface area (Å²) >= 11 is 18.3. The molecule has 1 N–H and O–H groups in total. The molecule has 0 aliphatic rings. The number of phenols is 1. The fourth-order valence-corrected chi connectivity index (χ4v) is 3.07. The van der Waals surface area contributed by atoms with Crippen LogP contribution in [0.3, 0.4) is 0 Å². The minimum Gasteiger partial charge on any atom is -0.506 e. The van der Waals surface area contributed by atoms with E-state index in [2.05, 4.69) is 9.97 Å². The van der Waals surface area contributed by atoms with E-state index in [1.807, 2.05) is 18.2 Å². The smallest absolute Gasteiger partial charge is 0.144 e. The molecular weight excluding hydrogens is 343 g/mol. The van der Waals surface area contributed by atoms with Crippen LogP contribution < -0.4 is 0 Å². The third-order valence-electron chi connectivity index (χ3n) is 3.56. The summed E-state index contributed by atoms with van der Waals surface area (Å²) in [7, 11) is 0. The van der Waals surface area contributed by atoms with Gasteiger partial charge in [0.2, 0.25) is 0 Å². The predicted octanol–water partition coefficient (Wildman–Crippen LogP) is 5.60. The monoisotopic (exact) mass is 348 g/mol. The summed E-state index contributed by atoms with van der Waals surface area (Å²) in [5.41, 5.74) is 2.24. The number of phenolic OH excluding ortho intramolecular Hbond substituents is 1. The van der Waals surface area contributed by atoms with Crippen molar-refractivity contribution in [2.24, 2.45) is 0 Å². The number of rotatable bonds is 0. The lowest BCUT2D eigenvalue weighted by Gasteiger charge is -2.09. The number of hydrogen-bond acceptors (Lipinski definition) is 3. The molecule has 3 nitrogen and oxygen atoms in total. The SMILES string of the molecule is Oc1c(Cl)c2nc3cc(Cl)c(Cl)cc3nc2c2ccccc12. The fraction of sp³-hybridized carbons (Fsp3) is 0. The average molecular weight is 350 g/mol. The molecule has 0 fully saturated rings. The van der Waals surface area contributed by atoms with E-state index >= 15 is 0 Å². The fourth-order valence-electron chi connectivity index (χ4n) is 2.52. The van der Waals surface area contributed by atoms with Crippen LogP contribution in [-0.2, 0) is 0 Å². The van der Waals surface area contributed by atoms with Gasteiger partial charge in [0.25, 0.3) is 0 Å². The van der Waals surface area contributed by atoms with Crippen LogP contribution in [0.5, 0.6) is 5.75 Å². The van der Waals surface area contributed by atoms with Crippen LogP contribution in [0.15, 0.2) is 36.4 Å². The molecule has 22 heavy (non-hydrogen) atoms. The van der Waals surface area contributed by atoms with Crippen LogP contribution in [0.25, 0.3) is 32.8 Å². The second-order valence-electron chi connectivity index (χ2n) is 4.88. The molecule has 0 spiro atoms. The Morgan fingerprint density at radius 1 is 0.773 bits per heavy atom. The Hall–Kier alpha value is -1.81. The second kappa shape index (κ2) is 4.85. The van der Waals surface area contributed by atoms with Crippen molar-refractivity contribution in [3.8, 4) is 5.75 Å². The van der Waals surface area contributed by atoms with Gasteiger partial charge >= 0.3 is 0 Å². The van der Waals surface area contributed by atoms with Crippen LogP contribution >= 0.6 is 34.8 Å². The first-order valence-electron chi connectivity index (χ1n) is 6.42. The largest absolute Gasteiger partial charge is 0.506 e. The van der Waals surface area contributed by atoms with Crippen molar-refractivity contribution in [3.05, 3.63) is 51.5 Å². The first kappa shape index (κ1) is 13.8. The lowest BCUT2D eigenvalue weighted by molar-refractivity contribution is 0.482. The maximum Gasteiger partial charge on any atom is 0.144 e. The van der Waals surface area contributed by atoms with E-state index in [4.69, 9.17) is 34.8 Å². The van der Waals surface area contributed by atoms with Crippen molar-refractivity contribution in [1.29, 1.82) is 0 Å². The zero-order valence-electron chi connectivity index (χ0n) is 10.9. The molecule has 1 heterocycles. The molecule has 0 saturated heterocycles. The Morgan fingerprint density at radius 2 is 1.32 bits per heavy atom. The van der Waals surface area contributed by atoms with E-state index in [0.29, 0.717) is 37.5 Å². The molecule has 0 saturated carbocycles. The lowest BCUT2D eigenvalue weighted by atomic mass is 10.1. The first-order chi connectivity index (χ1) is 10.6. The number of aromatic nitrogens is 2. The van der Waals surface area contributed by atoms with Crippen molar-refractivity contribution < 1.29 is 5.11 Å². The van der Waals surface area contributed by atoms with Gasteiger partial charge in [-0.15, -0.1) is 0 Å². The molecule has 0 aliphatic carbocycles. The van der Waals surface area contributed by atoms with Gasteiger partial charge in [-0.1, -0.05) is 59.1 Å². The highest BCUT2D eigenvalue weighted by Gasteiger charge is 2.16. The van der Waals surface area contributed by atoms with E-state index in [1.165, 1.54) is 0 Å². The van der Waals surface area contributed by atoms with Gasteiger partial charge in [-0.3, -0.25) is 0 Å². The molecule has 0 aliphatic heterocycles. The highest BCUT2D eigenvalue weighted by molar-refractivity contribution is 6.43. The normalized spacial score (nSPS) is 11.6. The molecule has 108 valence electrons. The highest BCUT2D eigenvalue weighted by atomic mass is 35.5. The first-order valence-corrected chi connectivity index (χ1v) is 7.55. The quantitative estimate of drug-likeness (QED) is 0.332. The van der Waals surface area contributed by atoms with Crippen molar-refractivity contribution in [2.75, 3.05) is 0 Å². The molecule has 0 atom stereocenters. The third-order valence-corrected chi connectivity index (χ3v) is 4.64. The Kier molecular flexibility index (Phi) is 3.05. The van der Waals surface area contributed by atoms with Crippen molar-refractivity contribution in [2.45, 2.75) is 0 Å². The van der Waals surface area contributed by atoms with Gasteiger partial charge in [0.05, 0.1) is 26.6 Å². The van der Waals surface area contributed by atoms with Gasteiger partial charge in [0.15, 0.2) is 0 Å². The van der Waals surface area contributed by atoms with Gasteiger partial charge in [-0.2, -0.15) is 0 Å². The number of hydrogen-bond donors (Lipinski definition) is 1. The zero-order chi connectivity index (χ0) is 15.4. The van der Waals surface area contributed by atoms with Crippen molar-refractivity contribution in [1.82, 2.24) is 9.97 Å². The number of fused-ring (bicyclic) bond motifs is 4. The molecule has 3 aromatic carbocycles. The number of nitrogens with zero attached hydrogens (tertiary/aromatic N) is 2. The summed E-state index contributed by atoms with van der Waals surface area (Å²) in [5.74, 6) is -0.00141.